The highest BCUT2D eigenvalue weighted by molar-refractivity contribution is 7.92. The van der Waals surface area contributed by atoms with Gasteiger partial charge in [-0.15, -0.1) is 10.2 Å². The third-order valence-electron chi connectivity index (χ3n) is 1.96. The fourth-order valence-corrected chi connectivity index (χ4v) is 2.66. The Labute approximate surface area is 113 Å². The maximum atomic E-state index is 11.9. The van der Waals surface area contributed by atoms with Crippen LogP contribution in [0.3, 0.4) is 0 Å². The average molecular weight is 308 g/mol. The van der Waals surface area contributed by atoms with Gasteiger partial charge in [0, 0.05) is 7.05 Å². The molecule has 0 radical (unpaired) electrons. The van der Waals surface area contributed by atoms with Gasteiger partial charge >= 0.3 is 0 Å². The summed E-state index contributed by atoms with van der Waals surface area (Å²) in [7, 11) is -2.32. The molecular formula is C8H7Cl2N5O2S. The van der Waals surface area contributed by atoms with Crippen molar-refractivity contribution >= 4 is 39.0 Å². The van der Waals surface area contributed by atoms with Crippen molar-refractivity contribution in [2.45, 2.75) is 5.03 Å². The first kappa shape index (κ1) is 13.1. The average Bonchev–Trinajstić information content (AvgIpc) is 2.63. The molecule has 96 valence electrons. The van der Waals surface area contributed by atoms with E-state index in [1.807, 2.05) is 0 Å². The molecule has 1 N–H and O–H groups in total. The van der Waals surface area contributed by atoms with Crippen LogP contribution in [0, 0.1) is 0 Å². The zero-order valence-electron chi connectivity index (χ0n) is 9.00. The van der Waals surface area contributed by atoms with Crippen LogP contribution in [0.2, 0.25) is 10.3 Å². The third kappa shape index (κ3) is 2.55. The Bertz CT molecular complexity index is 667. The molecule has 10 heteroatoms. The lowest BCUT2D eigenvalue weighted by Crippen LogP contribution is -2.15. The summed E-state index contributed by atoms with van der Waals surface area (Å²) in [6, 6.07) is 2.79. The number of rotatable bonds is 3. The first-order valence-corrected chi connectivity index (χ1v) is 6.83. The minimum absolute atomic E-state index is 0.00410. The van der Waals surface area contributed by atoms with Crippen molar-refractivity contribution in [2.24, 2.45) is 7.05 Å². The van der Waals surface area contributed by atoms with Crippen LogP contribution in [0.25, 0.3) is 0 Å². The summed E-state index contributed by atoms with van der Waals surface area (Å²) >= 11 is 11.3. The molecule has 0 amide bonds. The van der Waals surface area contributed by atoms with Crippen LogP contribution in [0.1, 0.15) is 0 Å². The second kappa shape index (κ2) is 4.71. The van der Waals surface area contributed by atoms with E-state index in [2.05, 4.69) is 19.9 Å². The van der Waals surface area contributed by atoms with Gasteiger partial charge in [0.2, 0.25) is 5.03 Å². The van der Waals surface area contributed by atoms with Gasteiger partial charge in [0.05, 0.1) is 6.33 Å². The number of sulfonamides is 1. The molecule has 0 aliphatic heterocycles. The highest BCUT2D eigenvalue weighted by Crippen LogP contribution is 2.20. The van der Waals surface area contributed by atoms with Gasteiger partial charge in [-0.1, -0.05) is 23.2 Å². The smallest absolute Gasteiger partial charge is 0.283 e. The Kier molecular flexibility index (Phi) is 3.42. The molecule has 0 aromatic carbocycles. The molecule has 0 bridgehead atoms. The van der Waals surface area contributed by atoms with E-state index in [-0.39, 0.29) is 21.2 Å². The molecule has 7 nitrogen and oxygen atoms in total. The summed E-state index contributed by atoms with van der Waals surface area (Å²) in [5.41, 5.74) is 0. The molecule has 0 atom stereocenters. The predicted octanol–water partition coefficient (Wildman–Crippen LogP) is 1.32. The van der Waals surface area contributed by atoms with Gasteiger partial charge in [0.1, 0.15) is 5.15 Å². The second-order valence-corrected chi connectivity index (χ2v) is 5.64. The fraction of sp³-hybridized carbons (Fsp3) is 0.125. The Morgan fingerprint density at radius 2 is 2.00 bits per heavy atom. The molecule has 0 aliphatic rings. The van der Waals surface area contributed by atoms with Gasteiger partial charge < -0.3 is 4.57 Å². The highest BCUT2D eigenvalue weighted by Gasteiger charge is 2.22. The van der Waals surface area contributed by atoms with Crippen molar-refractivity contribution < 1.29 is 8.42 Å². The third-order valence-corrected chi connectivity index (χ3v) is 4.00. The summed E-state index contributed by atoms with van der Waals surface area (Å²) < 4.78 is 27.5. The maximum Gasteiger partial charge on any atom is 0.283 e. The van der Waals surface area contributed by atoms with Crippen molar-refractivity contribution in [1.82, 2.24) is 19.7 Å². The van der Waals surface area contributed by atoms with E-state index in [1.54, 1.807) is 7.05 Å². The van der Waals surface area contributed by atoms with E-state index in [0.29, 0.717) is 0 Å². The van der Waals surface area contributed by atoms with Crippen LogP contribution in [0.5, 0.6) is 0 Å². The number of hydrogen-bond donors (Lipinski definition) is 1. The van der Waals surface area contributed by atoms with Gasteiger partial charge in [0.15, 0.2) is 11.0 Å². The summed E-state index contributed by atoms with van der Waals surface area (Å²) in [6.07, 6.45) is 1.30. The van der Waals surface area contributed by atoms with Crippen LogP contribution in [-0.4, -0.2) is 28.2 Å². The molecule has 2 rings (SSSR count). The number of anilines is 1. The SMILES string of the molecule is Cn1cnc(S(=O)(=O)Nc2ccc(Cl)nn2)c1Cl. The lowest BCUT2D eigenvalue weighted by atomic mass is 10.5. The van der Waals surface area contributed by atoms with Crippen LogP contribution in [0.15, 0.2) is 23.5 Å². The molecule has 18 heavy (non-hydrogen) atoms. The number of halogens is 2. The molecule has 2 aromatic rings. The second-order valence-electron chi connectivity index (χ2n) is 3.30. The van der Waals surface area contributed by atoms with Crippen LogP contribution in [0.4, 0.5) is 5.82 Å². The normalized spacial score (nSPS) is 11.5. The largest absolute Gasteiger partial charge is 0.324 e. The molecule has 2 aromatic heterocycles. The van der Waals surface area contributed by atoms with Crippen molar-refractivity contribution in [1.29, 1.82) is 0 Å². The van der Waals surface area contributed by atoms with Crippen LogP contribution in [-0.2, 0) is 17.1 Å². The molecule has 0 saturated carbocycles. The number of nitrogens with zero attached hydrogens (tertiary/aromatic N) is 4. The predicted molar refractivity (Wildman–Crippen MR) is 66.1 cm³/mol. The fourth-order valence-electron chi connectivity index (χ4n) is 1.13. The van der Waals surface area contributed by atoms with E-state index < -0.39 is 10.0 Å². The number of hydrogen-bond acceptors (Lipinski definition) is 5. The van der Waals surface area contributed by atoms with Crippen molar-refractivity contribution in [2.75, 3.05) is 4.72 Å². The lowest BCUT2D eigenvalue weighted by Gasteiger charge is -2.04. The molecule has 2 heterocycles. The van der Waals surface area contributed by atoms with Crippen molar-refractivity contribution in [3.05, 3.63) is 28.8 Å². The summed E-state index contributed by atoms with van der Waals surface area (Å²) in [5, 5.41) is 6.98. The van der Waals surface area contributed by atoms with E-state index >= 15 is 0 Å². The van der Waals surface area contributed by atoms with E-state index in [0.717, 1.165) is 0 Å². The zero-order valence-corrected chi connectivity index (χ0v) is 11.3. The highest BCUT2D eigenvalue weighted by atomic mass is 35.5. The standard InChI is InChI=1S/C8H7Cl2N5O2S/c1-15-4-11-8(7(15)10)18(16,17)14-6-3-2-5(9)12-13-6/h2-4H,1H3,(H,13,14). The van der Waals surface area contributed by atoms with E-state index in [4.69, 9.17) is 23.2 Å². The van der Waals surface area contributed by atoms with E-state index in [9.17, 15) is 8.42 Å². The topological polar surface area (TPSA) is 89.8 Å². The Hall–Kier alpha value is -1.38. The zero-order chi connectivity index (χ0) is 13.3. The number of aromatic nitrogens is 4. The Morgan fingerprint density at radius 3 is 2.50 bits per heavy atom. The minimum Gasteiger partial charge on any atom is -0.324 e. The molecule has 0 spiro atoms. The summed E-state index contributed by atoms with van der Waals surface area (Å²) in [6.45, 7) is 0. The van der Waals surface area contributed by atoms with E-state index in [1.165, 1.54) is 23.0 Å². The quantitative estimate of drug-likeness (QED) is 0.923. The first-order chi connectivity index (χ1) is 8.40. The van der Waals surface area contributed by atoms with Gasteiger partial charge in [-0.05, 0) is 12.1 Å². The molecule has 0 unspecified atom stereocenters. The van der Waals surface area contributed by atoms with Gasteiger partial charge in [-0.3, -0.25) is 4.72 Å². The summed E-state index contributed by atoms with van der Waals surface area (Å²) in [4.78, 5) is 3.71. The molecule has 0 fully saturated rings. The number of aryl methyl sites for hydroxylation is 1. The van der Waals surface area contributed by atoms with Crippen molar-refractivity contribution in [3.63, 3.8) is 0 Å². The maximum absolute atomic E-state index is 11.9. The molecule has 0 saturated heterocycles. The van der Waals surface area contributed by atoms with Gasteiger partial charge in [-0.25, -0.2) is 4.98 Å². The number of nitrogens with one attached hydrogen (secondary N) is 1. The first-order valence-electron chi connectivity index (χ1n) is 4.59. The summed E-state index contributed by atoms with van der Waals surface area (Å²) in [5.74, 6) is 0.0288. The van der Waals surface area contributed by atoms with Crippen LogP contribution < -0.4 is 4.72 Å². The Morgan fingerprint density at radius 1 is 1.28 bits per heavy atom. The van der Waals surface area contributed by atoms with Crippen LogP contribution >= 0.6 is 23.2 Å². The Balaban J connectivity index is 2.33. The molecule has 0 aliphatic carbocycles. The lowest BCUT2D eigenvalue weighted by molar-refractivity contribution is 0.598. The van der Waals surface area contributed by atoms with Gasteiger partial charge in [0.25, 0.3) is 10.0 Å². The molecular weight excluding hydrogens is 301 g/mol. The monoisotopic (exact) mass is 307 g/mol. The van der Waals surface area contributed by atoms with Gasteiger partial charge in [-0.2, -0.15) is 8.42 Å². The number of imidazole rings is 1. The van der Waals surface area contributed by atoms with Crippen molar-refractivity contribution in [3.8, 4) is 0 Å². The minimum atomic E-state index is -3.90.